The molecule has 6 aromatic heterocycles. The summed E-state index contributed by atoms with van der Waals surface area (Å²) in [7, 11) is 0. The van der Waals surface area contributed by atoms with Crippen molar-refractivity contribution >= 4 is 33.8 Å². The number of rotatable bonds is 5. The molecule has 1 saturated carbocycles. The average Bonchev–Trinajstić information content (AvgIpc) is 3.62. The number of carbonyl (C=O) groups is 1. The maximum Gasteiger partial charge on any atom is 0.227 e. The maximum atomic E-state index is 12.8. The number of nitrogens with zero attached hydrogens (tertiary/aromatic N) is 6. The summed E-state index contributed by atoms with van der Waals surface area (Å²) >= 11 is 0. The summed E-state index contributed by atoms with van der Waals surface area (Å²) in [5.41, 5.74) is 6.98. The molecule has 10 heteroatoms. The van der Waals surface area contributed by atoms with Crippen LogP contribution in [0.3, 0.4) is 0 Å². The summed E-state index contributed by atoms with van der Waals surface area (Å²) in [6.45, 7) is 0. The second-order valence-corrected chi connectivity index (χ2v) is 9.86. The van der Waals surface area contributed by atoms with Gasteiger partial charge >= 0.3 is 0 Å². The highest BCUT2D eigenvalue weighted by atomic mass is 16.1. The van der Waals surface area contributed by atoms with Crippen molar-refractivity contribution in [2.75, 3.05) is 5.32 Å². The number of nitrogens with one attached hydrogen (secondary N) is 3. The molecule has 1 fully saturated rings. The van der Waals surface area contributed by atoms with Gasteiger partial charge in [-0.2, -0.15) is 5.10 Å². The van der Waals surface area contributed by atoms with E-state index in [4.69, 9.17) is 4.98 Å². The molecular weight excluding hydrogens is 490 g/mol. The smallest absolute Gasteiger partial charge is 0.227 e. The van der Waals surface area contributed by atoms with Crippen LogP contribution in [0, 0.1) is 5.92 Å². The minimum absolute atomic E-state index is 0.0727. The van der Waals surface area contributed by atoms with Crippen molar-refractivity contribution in [1.29, 1.82) is 0 Å². The van der Waals surface area contributed by atoms with Gasteiger partial charge in [0.15, 0.2) is 17.1 Å². The van der Waals surface area contributed by atoms with Crippen LogP contribution in [0.25, 0.3) is 56.0 Å². The molecule has 6 heterocycles. The van der Waals surface area contributed by atoms with Crippen LogP contribution >= 0.6 is 0 Å². The van der Waals surface area contributed by atoms with Crippen LogP contribution in [0.15, 0.2) is 67.5 Å². The third-order valence-corrected chi connectivity index (χ3v) is 7.31. The zero-order valence-electron chi connectivity index (χ0n) is 21.1. The van der Waals surface area contributed by atoms with Gasteiger partial charge in [0, 0.05) is 59.2 Å². The molecule has 0 atom stereocenters. The van der Waals surface area contributed by atoms with E-state index in [1.165, 1.54) is 6.42 Å². The first kappa shape index (κ1) is 23.2. The van der Waals surface area contributed by atoms with Gasteiger partial charge in [0.05, 0.1) is 17.3 Å². The van der Waals surface area contributed by atoms with Gasteiger partial charge in [0.25, 0.3) is 0 Å². The molecular formula is C29H25N9O. The van der Waals surface area contributed by atoms with Gasteiger partial charge in [-0.15, -0.1) is 0 Å². The lowest BCUT2D eigenvalue weighted by molar-refractivity contribution is -0.120. The van der Waals surface area contributed by atoms with Crippen LogP contribution in [0.5, 0.6) is 0 Å². The highest BCUT2D eigenvalue weighted by Crippen LogP contribution is 2.32. The molecule has 0 aliphatic heterocycles. The third kappa shape index (κ3) is 4.39. The number of amides is 1. The molecule has 1 aliphatic rings. The molecule has 192 valence electrons. The Kier molecular flexibility index (Phi) is 5.77. The molecule has 0 bridgehead atoms. The Labute approximate surface area is 223 Å². The number of carbonyl (C=O) groups excluding carboxylic acids is 1. The second kappa shape index (κ2) is 9.71. The third-order valence-electron chi connectivity index (χ3n) is 7.31. The van der Waals surface area contributed by atoms with E-state index in [1.807, 2.05) is 36.5 Å². The summed E-state index contributed by atoms with van der Waals surface area (Å²) in [6.07, 6.45) is 15.9. The number of anilines is 1. The highest BCUT2D eigenvalue weighted by Gasteiger charge is 2.21. The Balaban J connectivity index is 1.23. The molecule has 10 nitrogen and oxygen atoms in total. The monoisotopic (exact) mass is 515 g/mol. The molecule has 7 rings (SSSR count). The van der Waals surface area contributed by atoms with Crippen LogP contribution in [-0.2, 0) is 4.79 Å². The topological polar surface area (TPSA) is 138 Å². The average molecular weight is 516 g/mol. The zero-order valence-corrected chi connectivity index (χ0v) is 21.1. The molecule has 1 aliphatic carbocycles. The molecule has 0 spiro atoms. The number of fused-ring (bicyclic) bond motifs is 2. The number of H-pyrrole nitrogens is 2. The molecule has 0 saturated heterocycles. The summed E-state index contributed by atoms with van der Waals surface area (Å²) < 4.78 is 0. The number of aromatic nitrogens is 8. The number of hydrogen-bond donors (Lipinski definition) is 3. The SMILES string of the molecule is O=C(Nc1cncc(-c2cnc3[nH]nc(-c4nc5c(-c6cccnc6)ccnc5[nH]4)c3c2)c1)C1CCCCC1. The van der Waals surface area contributed by atoms with Gasteiger partial charge in [-0.1, -0.05) is 25.3 Å². The minimum atomic E-state index is 0.0727. The number of pyridine rings is 4. The lowest BCUT2D eigenvalue weighted by atomic mass is 9.88. The molecule has 0 unspecified atom stereocenters. The minimum Gasteiger partial charge on any atom is -0.324 e. The van der Waals surface area contributed by atoms with Crippen LogP contribution in [-0.4, -0.2) is 46.0 Å². The Morgan fingerprint density at radius 2 is 1.74 bits per heavy atom. The molecule has 0 radical (unpaired) electrons. The van der Waals surface area contributed by atoms with Crippen molar-refractivity contribution in [2.24, 2.45) is 5.92 Å². The van der Waals surface area contributed by atoms with E-state index in [9.17, 15) is 4.79 Å². The van der Waals surface area contributed by atoms with E-state index < -0.39 is 0 Å². The number of hydrogen-bond acceptors (Lipinski definition) is 7. The maximum absolute atomic E-state index is 12.8. The summed E-state index contributed by atoms with van der Waals surface area (Å²) in [4.78, 5) is 38.6. The summed E-state index contributed by atoms with van der Waals surface area (Å²) in [5, 5.41) is 11.4. The fraction of sp³-hybridized carbons (Fsp3) is 0.207. The van der Waals surface area contributed by atoms with Crippen molar-refractivity contribution in [3.05, 3.63) is 67.5 Å². The van der Waals surface area contributed by atoms with E-state index >= 15 is 0 Å². The van der Waals surface area contributed by atoms with E-state index in [2.05, 4.69) is 40.4 Å². The highest BCUT2D eigenvalue weighted by molar-refractivity contribution is 5.96. The molecule has 1 amide bonds. The fourth-order valence-electron chi connectivity index (χ4n) is 5.29. The fourth-order valence-corrected chi connectivity index (χ4v) is 5.29. The van der Waals surface area contributed by atoms with Crippen molar-refractivity contribution in [1.82, 2.24) is 40.1 Å². The van der Waals surface area contributed by atoms with Gasteiger partial charge in [-0.25, -0.2) is 15.0 Å². The summed E-state index contributed by atoms with van der Waals surface area (Å²) in [6, 6.07) is 9.76. The first-order chi connectivity index (χ1) is 19.2. The van der Waals surface area contributed by atoms with Crippen LogP contribution in [0.1, 0.15) is 32.1 Å². The van der Waals surface area contributed by atoms with Gasteiger partial charge in [-0.3, -0.25) is 19.9 Å². The van der Waals surface area contributed by atoms with Gasteiger partial charge in [0.1, 0.15) is 11.2 Å². The molecule has 0 aromatic carbocycles. The number of aromatic amines is 2. The standard InChI is InChI=1S/C29H25N9O/c39-29(17-5-2-1-3-6-17)34-21-11-19(14-31-16-21)20-12-23-25(37-38-26(23)33-15-20)28-35-24-22(8-10-32-27(24)36-28)18-7-4-9-30-13-18/h4,7-17H,1-3,5-6H2,(H,34,39)(H,32,35,36)(H,33,37,38). The van der Waals surface area contributed by atoms with Crippen molar-refractivity contribution < 1.29 is 4.79 Å². The normalized spacial score (nSPS) is 14.2. The zero-order chi connectivity index (χ0) is 26.2. The van der Waals surface area contributed by atoms with E-state index in [0.29, 0.717) is 28.5 Å². The predicted octanol–water partition coefficient (Wildman–Crippen LogP) is 5.54. The van der Waals surface area contributed by atoms with E-state index in [0.717, 1.165) is 58.8 Å². The molecule has 39 heavy (non-hydrogen) atoms. The lowest BCUT2D eigenvalue weighted by Crippen LogP contribution is -2.24. The van der Waals surface area contributed by atoms with Crippen molar-refractivity contribution in [3.8, 4) is 33.8 Å². The molecule has 6 aromatic rings. The lowest BCUT2D eigenvalue weighted by Gasteiger charge is -2.20. The van der Waals surface area contributed by atoms with Gasteiger partial charge in [0.2, 0.25) is 5.91 Å². The summed E-state index contributed by atoms with van der Waals surface area (Å²) in [5.74, 6) is 0.736. The van der Waals surface area contributed by atoms with Crippen LogP contribution in [0.2, 0.25) is 0 Å². The molecule has 3 N–H and O–H groups in total. The Morgan fingerprint density at radius 1 is 0.872 bits per heavy atom. The Hall–Kier alpha value is -4.99. The van der Waals surface area contributed by atoms with Crippen molar-refractivity contribution in [2.45, 2.75) is 32.1 Å². The Bertz CT molecular complexity index is 1800. The van der Waals surface area contributed by atoms with Crippen LogP contribution in [0.4, 0.5) is 5.69 Å². The van der Waals surface area contributed by atoms with Gasteiger partial charge in [-0.05, 0) is 37.1 Å². The Morgan fingerprint density at radius 3 is 2.62 bits per heavy atom. The van der Waals surface area contributed by atoms with Gasteiger partial charge < -0.3 is 10.3 Å². The van der Waals surface area contributed by atoms with E-state index in [1.54, 1.807) is 31.0 Å². The quantitative estimate of drug-likeness (QED) is 0.274. The second-order valence-electron chi connectivity index (χ2n) is 9.86. The van der Waals surface area contributed by atoms with Crippen molar-refractivity contribution in [3.63, 3.8) is 0 Å². The number of imidazole rings is 1. The first-order valence-electron chi connectivity index (χ1n) is 13.1. The first-order valence-corrected chi connectivity index (χ1v) is 13.1. The largest absolute Gasteiger partial charge is 0.324 e. The van der Waals surface area contributed by atoms with E-state index in [-0.39, 0.29) is 11.8 Å². The predicted molar refractivity (Wildman–Crippen MR) is 148 cm³/mol. The van der Waals surface area contributed by atoms with Crippen LogP contribution < -0.4 is 5.32 Å².